The first-order valence-electron chi connectivity index (χ1n) is 4.59. The zero-order chi connectivity index (χ0) is 13.1. The second-order valence-electron chi connectivity index (χ2n) is 3.10. The quantitative estimate of drug-likeness (QED) is 0.445. The molecule has 17 heavy (non-hydrogen) atoms. The van der Waals surface area contributed by atoms with Crippen molar-refractivity contribution in [3.63, 3.8) is 0 Å². The molecule has 0 amide bonds. The van der Waals surface area contributed by atoms with Crippen molar-refractivity contribution in [3.05, 3.63) is 24.4 Å². The Morgan fingerprint density at radius 3 is 2.47 bits per heavy atom. The topological polar surface area (TPSA) is 102 Å². The molecule has 0 saturated heterocycles. The van der Waals surface area contributed by atoms with Crippen LogP contribution in [0.1, 0.15) is 6.92 Å². The van der Waals surface area contributed by atoms with Crippen LogP contribution >= 0.6 is 0 Å². The van der Waals surface area contributed by atoms with Gasteiger partial charge in [0.25, 0.3) is 10.1 Å². The van der Waals surface area contributed by atoms with E-state index in [1.54, 1.807) is 13.0 Å². The van der Waals surface area contributed by atoms with Crippen molar-refractivity contribution in [3.8, 4) is 0 Å². The normalized spacial score (nSPS) is 12.6. The zero-order valence-electron chi connectivity index (χ0n) is 8.98. The van der Waals surface area contributed by atoms with Gasteiger partial charge in [-0.3, -0.25) is 4.55 Å². The first kappa shape index (κ1) is 14.0. The maximum atomic E-state index is 11.6. The molecule has 0 aliphatic rings. The lowest BCUT2D eigenvalue weighted by Crippen LogP contribution is -2.39. The molecule has 0 saturated carbocycles. The van der Waals surface area contributed by atoms with Gasteiger partial charge < -0.3 is 0 Å². The molecule has 0 fully saturated rings. The zero-order valence-corrected chi connectivity index (χ0v) is 10.6. The van der Waals surface area contributed by atoms with Gasteiger partial charge in [-0.15, -0.1) is 0 Å². The predicted molar refractivity (Wildman–Crippen MR) is 57.0 cm³/mol. The molecule has 7 nitrogen and oxygen atoms in total. The summed E-state index contributed by atoms with van der Waals surface area (Å²) in [7, 11) is -8.71. The molecule has 0 radical (unpaired) electrons. The maximum Gasteiger partial charge on any atom is 0.358 e. The number of aromatic nitrogens is 1. The van der Waals surface area contributed by atoms with Crippen molar-refractivity contribution in [1.82, 2.24) is 0 Å². The third-order valence-electron chi connectivity index (χ3n) is 1.85. The lowest BCUT2D eigenvalue weighted by molar-refractivity contribution is -0.730. The summed E-state index contributed by atoms with van der Waals surface area (Å²) in [5.41, 5.74) is 0. The van der Waals surface area contributed by atoms with E-state index in [-0.39, 0.29) is 5.03 Å². The second-order valence-corrected chi connectivity index (χ2v) is 6.06. The van der Waals surface area contributed by atoms with Crippen LogP contribution in [0.2, 0.25) is 0 Å². The molecule has 0 aliphatic heterocycles. The Morgan fingerprint density at radius 1 is 1.29 bits per heavy atom. The van der Waals surface area contributed by atoms with Gasteiger partial charge in [-0.1, -0.05) is 0 Å². The molecule has 0 bridgehead atoms. The Labute approximate surface area is 99.5 Å². The van der Waals surface area contributed by atoms with Crippen LogP contribution in [0.5, 0.6) is 0 Å². The highest BCUT2D eigenvalue weighted by Gasteiger charge is 2.27. The fourth-order valence-corrected chi connectivity index (χ4v) is 2.97. The Kier molecular flexibility index (Phi) is 4.20. The van der Waals surface area contributed by atoms with E-state index in [0.29, 0.717) is 6.54 Å². The van der Waals surface area contributed by atoms with Crippen molar-refractivity contribution in [2.75, 3.05) is 5.94 Å². The van der Waals surface area contributed by atoms with E-state index in [1.165, 1.54) is 22.9 Å². The van der Waals surface area contributed by atoms with E-state index in [2.05, 4.69) is 4.18 Å². The molecule has 0 spiro atoms. The van der Waals surface area contributed by atoms with E-state index in [4.69, 9.17) is 4.55 Å². The largest absolute Gasteiger partial charge is 0.358 e. The smallest absolute Gasteiger partial charge is 0.284 e. The summed E-state index contributed by atoms with van der Waals surface area (Å²) in [5, 5.41) is -0.175. The van der Waals surface area contributed by atoms with Gasteiger partial charge in [0.2, 0.25) is 0 Å². The van der Waals surface area contributed by atoms with Gasteiger partial charge in [-0.05, 0) is 13.0 Å². The first-order chi connectivity index (χ1) is 7.76. The van der Waals surface area contributed by atoms with Gasteiger partial charge in [0.05, 0.1) is 0 Å². The molecule has 0 aromatic carbocycles. The van der Waals surface area contributed by atoms with Crippen LogP contribution in [0.3, 0.4) is 0 Å². The second kappa shape index (κ2) is 5.08. The summed E-state index contributed by atoms with van der Waals surface area (Å²) in [5.74, 6) is -1.30. The van der Waals surface area contributed by atoms with Crippen LogP contribution in [0, 0.1) is 0 Å². The van der Waals surface area contributed by atoms with E-state index >= 15 is 0 Å². The summed E-state index contributed by atoms with van der Waals surface area (Å²) >= 11 is 0. The van der Waals surface area contributed by atoms with Gasteiger partial charge in [-0.25, -0.2) is 4.18 Å². The number of pyridine rings is 1. The molecule has 0 aliphatic carbocycles. The first-order valence-corrected chi connectivity index (χ1v) is 7.61. The minimum Gasteiger partial charge on any atom is -0.284 e. The maximum absolute atomic E-state index is 11.6. The van der Waals surface area contributed by atoms with E-state index in [0.717, 1.165) is 0 Å². The Bertz CT molecular complexity index is 592. The molecule has 0 atom stereocenters. The van der Waals surface area contributed by atoms with Crippen LogP contribution in [0.25, 0.3) is 0 Å². The molecular formula is C8H12NO6S2+. The SMILES string of the molecule is CC[n+]1ccccc1S(=O)(=O)OCS(=O)(=O)O. The van der Waals surface area contributed by atoms with E-state index in [1.807, 2.05) is 0 Å². The summed E-state index contributed by atoms with van der Waals surface area (Å²) in [6.45, 7) is 2.10. The molecule has 0 unspecified atom stereocenters. The van der Waals surface area contributed by atoms with Crippen molar-refractivity contribution < 1.29 is 30.1 Å². The van der Waals surface area contributed by atoms with Crippen LogP contribution in [0.4, 0.5) is 0 Å². The lowest BCUT2D eigenvalue weighted by Gasteiger charge is -2.03. The van der Waals surface area contributed by atoms with Crippen LogP contribution < -0.4 is 4.57 Å². The average molecular weight is 282 g/mol. The van der Waals surface area contributed by atoms with E-state index < -0.39 is 26.2 Å². The van der Waals surface area contributed by atoms with Gasteiger partial charge in [0.15, 0.2) is 12.1 Å². The predicted octanol–water partition coefficient (Wildman–Crippen LogP) is -0.455. The van der Waals surface area contributed by atoms with Crippen LogP contribution in [0.15, 0.2) is 29.4 Å². The minimum absolute atomic E-state index is 0.175. The number of rotatable bonds is 5. The monoisotopic (exact) mass is 282 g/mol. The minimum atomic E-state index is -4.50. The molecule has 1 heterocycles. The van der Waals surface area contributed by atoms with Gasteiger partial charge >= 0.3 is 15.1 Å². The highest BCUT2D eigenvalue weighted by Crippen LogP contribution is 2.07. The van der Waals surface area contributed by atoms with Crippen molar-refractivity contribution in [2.24, 2.45) is 0 Å². The Balaban J connectivity index is 3.06. The Morgan fingerprint density at radius 2 is 1.94 bits per heavy atom. The van der Waals surface area contributed by atoms with Crippen LogP contribution in [-0.2, 0) is 31.0 Å². The molecule has 1 aromatic rings. The number of nitrogens with zero attached hydrogens (tertiary/aromatic N) is 1. The Hall–Kier alpha value is -1.03. The van der Waals surface area contributed by atoms with Crippen molar-refractivity contribution >= 4 is 20.2 Å². The molecular weight excluding hydrogens is 270 g/mol. The number of hydrogen-bond acceptors (Lipinski definition) is 5. The number of aryl methyl sites for hydroxylation is 1. The van der Waals surface area contributed by atoms with E-state index in [9.17, 15) is 16.8 Å². The van der Waals surface area contributed by atoms with Crippen molar-refractivity contribution in [1.29, 1.82) is 0 Å². The standard InChI is InChI=1S/C8H11NO6S2/c1-2-9-6-4-3-5-8(9)17(13,14)15-7-16(10,11)12/h3-6H,2,7H2,1H3/p+1. The van der Waals surface area contributed by atoms with Gasteiger partial charge in [0.1, 0.15) is 6.54 Å². The van der Waals surface area contributed by atoms with Gasteiger partial charge in [0, 0.05) is 12.1 Å². The van der Waals surface area contributed by atoms with Crippen LogP contribution in [-0.4, -0.2) is 27.3 Å². The lowest BCUT2D eigenvalue weighted by atomic mass is 10.5. The number of hydrogen-bond donors (Lipinski definition) is 1. The molecule has 1 rings (SSSR count). The highest BCUT2D eigenvalue weighted by molar-refractivity contribution is 7.89. The molecule has 96 valence electrons. The third-order valence-corrected chi connectivity index (χ3v) is 3.72. The molecule has 1 N–H and O–H groups in total. The highest BCUT2D eigenvalue weighted by atomic mass is 32.2. The third kappa shape index (κ3) is 4.04. The summed E-state index contributed by atoms with van der Waals surface area (Å²) in [6.07, 6.45) is 1.52. The van der Waals surface area contributed by atoms with Crippen molar-refractivity contribution in [2.45, 2.75) is 18.5 Å². The summed E-state index contributed by atoms with van der Waals surface area (Å²) < 4.78 is 58.2. The molecule has 1 aromatic heterocycles. The fourth-order valence-electron chi connectivity index (χ4n) is 1.13. The summed E-state index contributed by atoms with van der Waals surface area (Å²) in [4.78, 5) is 0. The molecule has 9 heteroatoms. The van der Waals surface area contributed by atoms with Gasteiger partial charge in [-0.2, -0.15) is 21.4 Å². The fraction of sp³-hybridized carbons (Fsp3) is 0.375. The average Bonchev–Trinajstić information content (AvgIpc) is 2.26. The summed E-state index contributed by atoms with van der Waals surface area (Å²) in [6, 6.07) is 4.39.